The largest absolute Gasteiger partial charge is 0.0871 e. The van der Waals surface area contributed by atoms with E-state index in [0.717, 1.165) is 6.42 Å². The highest BCUT2D eigenvalue weighted by molar-refractivity contribution is 6.25. The van der Waals surface area contributed by atoms with E-state index in [-0.39, 0.29) is 0 Å². The minimum atomic E-state index is 0.963. The maximum absolute atomic E-state index is 2.47. The van der Waals surface area contributed by atoms with E-state index in [0.29, 0.717) is 0 Å². The molecule has 16 aromatic rings. The van der Waals surface area contributed by atoms with Crippen LogP contribution in [0, 0.1) is 0 Å². The van der Waals surface area contributed by atoms with Crippen molar-refractivity contribution in [3.63, 3.8) is 0 Å². The molecule has 0 N–H and O–H groups in total. The number of hydrogen-bond donors (Lipinski definition) is 0. The number of hydrogen-bond acceptors (Lipinski definition) is 0. The Kier molecular flexibility index (Phi) is 12.8. The fourth-order valence-electron chi connectivity index (χ4n) is 14.3. The van der Waals surface area contributed by atoms with Gasteiger partial charge in [-0.25, -0.2) is 0 Å². The summed E-state index contributed by atoms with van der Waals surface area (Å²) in [4.78, 5) is 0. The average molecular weight is 1110 g/mol. The molecule has 0 bridgehead atoms. The zero-order valence-corrected chi connectivity index (χ0v) is 48.7. The summed E-state index contributed by atoms with van der Waals surface area (Å²) in [5.41, 5.74) is 19.6. The Morgan fingerprint density at radius 2 is 0.540 bits per heavy atom. The van der Waals surface area contributed by atoms with Gasteiger partial charge in [-0.05, 0) is 213 Å². The lowest BCUT2D eigenvalue weighted by Gasteiger charge is -2.20. The van der Waals surface area contributed by atoms with Crippen molar-refractivity contribution >= 4 is 91.8 Å². The third-order valence-corrected chi connectivity index (χ3v) is 18.2. The second-order valence-corrected chi connectivity index (χ2v) is 23.2. The topological polar surface area (TPSA) is 0 Å². The van der Waals surface area contributed by atoms with Crippen LogP contribution >= 0.6 is 0 Å². The van der Waals surface area contributed by atoms with E-state index in [9.17, 15) is 0 Å². The second kappa shape index (κ2) is 21.6. The molecule has 0 heteroatoms. The van der Waals surface area contributed by atoms with Crippen LogP contribution in [0.2, 0.25) is 0 Å². The van der Waals surface area contributed by atoms with Gasteiger partial charge in [0.15, 0.2) is 0 Å². The van der Waals surface area contributed by atoms with Crippen LogP contribution in [-0.4, -0.2) is 0 Å². The molecular weight excluding hydrogens is 1040 g/mol. The van der Waals surface area contributed by atoms with Gasteiger partial charge in [-0.1, -0.05) is 298 Å². The predicted molar refractivity (Wildman–Crippen MR) is 378 cm³/mol. The molecule has 16 aromatic carbocycles. The standard InChI is InChI=1S/C87H60/c1-3-20-60(21-4-2)82-70-28-12-16-32-74(70)84(75-33-17-13-29-71(75)82)62-42-36-58(37-43-62)66-48-50-78-80(54-66)86(68-46-40-56-22-8-10-26-64(56)52-68)79-51-49-67(55-81(79)87(78)69-47-41-57-23-9-11-27-65(57)53-69)59-38-44-63(45-39-59)85-76-34-18-14-30-72(76)83(61-24-6-5-7-25-61)73-31-15-19-35-77(73)85/h3,5-55H,4H2,1-2H3/b20-3-,60-21+. The molecule has 0 nitrogen and oxygen atoms in total. The van der Waals surface area contributed by atoms with Crippen molar-refractivity contribution in [1.29, 1.82) is 0 Å². The summed E-state index contributed by atoms with van der Waals surface area (Å²) >= 11 is 0. The molecule has 0 saturated heterocycles. The van der Waals surface area contributed by atoms with Crippen molar-refractivity contribution in [2.45, 2.75) is 20.3 Å². The predicted octanol–water partition coefficient (Wildman–Crippen LogP) is 25.0. The number of allylic oxidation sites excluding steroid dienone is 4. The van der Waals surface area contributed by atoms with Crippen LogP contribution in [0.1, 0.15) is 25.8 Å². The van der Waals surface area contributed by atoms with Crippen LogP contribution in [0.15, 0.2) is 315 Å². The molecule has 0 aliphatic carbocycles. The lowest BCUT2D eigenvalue weighted by atomic mass is 9.83. The van der Waals surface area contributed by atoms with E-state index < -0.39 is 0 Å². The minimum Gasteiger partial charge on any atom is -0.0871 e. The van der Waals surface area contributed by atoms with Gasteiger partial charge >= 0.3 is 0 Å². The molecule has 0 amide bonds. The quantitative estimate of drug-likeness (QED) is 0.0946. The van der Waals surface area contributed by atoms with Crippen molar-refractivity contribution < 1.29 is 0 Å². The average Bonchev–Trinajstić information content (AvgIpc) is 0.998. The molecule has 0 saturated carbocycles. The molecule has 0 fully saturated rings. The van der Waals surface area contributed by atoms with Gasteiger partial charge in [-0.3, -0.25) is 0 Å². The first-order valence-electron chi connectivity index (χ1n) is 30.6. The Balaban J connectivity index is 0.882. The summed E-state index contributed by atoms with van der Waals surface area (Å²) in [5.74, 6) is 0. The van der Waals surface area contributed by atoms with Crippen LogP contribution in [0.25, 0.3) is 170 Å². The molecule has 0 radical (unpaired) electrons. The fourth-order valence-corrected chi connectivity index (χ4v) is 14.3. The van der Waals surface area contributed by atoms with E-state index in [1.54, 1.807) is 0 Å². The molecule has 16 rings (SSSR count). The fraction of sp³-hybridized carbons (Fsp3) is 0.0345. The van der Waals surface area contributed by atoms with Crippen LogP contribution in [0.3, 0.4) is 0 Å². The minimum absolute atomic E-state index is 0.963. The van der Waals surface area contributed by atoms with E-state index in [1.165, 1.54) is 175 Å². The summed E-state index contributed by atoms with van der Waals surface area (Å²) < 4.78 is 0. The highest BCUT2D eigenvalue weighted by Crippen LogP contribution is 2.49. The molecule has 0 spiro atoms. The first-order chi connectivity index (χ1) is 43.1. The van der Waals surface area contributed by atoms with Crippen LogP contribution in [-0.2, 0) is 0 Å². The van der Waals surface area contributed by atoms with Crippen LogP contribution < -0.4 is 0 Å². The molecule has 0 aliphatic rings. The Labute approximate surface area is 507 Å². The van der Waals surface area contributed by atoms with E-state index in [4.69, 9.17) is 0 Å². The summed E-state index contributed by atoms with van der Waals surface area (Å²) in [7, 11) is 0. The normalized spacial score (nSPS) is 12.1. The van der Waals surface area contributed by atoms with Crippen molar-refractivity contribution in [3.8, 4) is 77.9 Å². The van der Waals surface area contributed by atoms with Gasteiger partial charge < -0.3 is 0 Å². The van der Waals surface area contributed by atoms with Gasteiger partial charge in [-0.2, -0.15) is 0 Å². The van der Waals surface area contributed by atoms with Crippen molar-refractivity contribution in [3.05, 3.63) is 321 Å². The number of rotatable bonds is 10. The smallest absolute Gasteiger partial charge is 0.00259 e. The first-order valence-corrected chi connectivity index (χ1v) is 30.6. The molecule has 0 aromatic heterocycles. The molecular formula is C87H60. The van der Waals surface area contributed by atoms with Crippen molar-refractivity contribution in [1.82, 2.24) is 0 Å². The van der Waals surface area contributed by atoms with E-state index in [2.05, 4.69) is 329 Å². The molecule has 0 atom stereocenters. The lowest BCUT2D eigenvalue weighted by molar-refractivity contribution is 1.23. The second-order valence-electron chi connectivity index (χ2n) is 23.2. The maximum atomic E-state index is 2.47. The molecule has 0 aliphatic heterocycles. The third-order valence-electron chi connectivity index (χ3n) is 18.2. The van der Waals surface area contributed by atoms with Gasteiger partial charge in [0.2, 0.25) is 0 Å². The third kappa shape index (κ3) is 8.83. The summed E-state index contributed by atoms with van der Waals surface area (Å²) in [5, 5.41) is 19.9. The SMILES string of the molecule is C/C=C\C(=C/CC)c1c2ccccc2c(-c2ccc(-c3ccc4c(-c5ccc6ccccc6c5)c5cc(-c6ccc(-c7c8ccccc8c(-c8ccccc8)c8ccccc78)cc6)ccc5c(-c5ccc6ccccc6c5)c4c3)cc2)c2ccccc12. The van der Waals surface area contributed by atoms with Gasteiger partial charge in [0.05, 0.1) is 0 Å². The maximum Gasteiger partial charge on any atom is -0.00259 e. The van der Waals surface area contributed by atoms with Gasteiger partial charge in [0.25, 0.3) is 0 Å². The van der Waals surface area contributed by atoms with Crippen LogP contribution in [0.5, 0.6) is 0 Å². The van der Waals surface area contributed by atoms with Gasteiger partial charge in [0, 0.05) is 0 Å². The number of fused-ring (bicyclic) bond motifs is 8. The number of benzene rings is 16. The summed E-state index contributed by atoms with van der Waals surface area (Å²) in [6.45, 7) is 4.34. The molecule has 0 unspecified atom stereocenters. The zero-order chi connectivity index (χ0) is 58.0. The van der Waals surface area contributed by atoms with E-state index >= 15 is 0 Å². The Hall–Kier alpha value is -10.9. The Morgan fingerprint density at radius 3 is 0.943 bits per heavy atom. The Morgan fingerprint density at radius 1 is 0.241 bits per heavy atom. The molecule has 87 heavy (non-hydrogen) atoms. The summed E-state index contributed by atoms with van der Waals surface area (Å²) in [6.07, 6.45) is 7.75. The van der Waals surface area contributed by atoms with Gasteiger partial charge in [0.1, 0.15) is 0 Å². The highest BCUT2D eigenvalue weighted by Gasteiger charge is 2.22. The first kappa shape index (κ1) is 51.7. The lowest BCUT2D eigenvalue weighted by Crippen LogP contribution is -1.94. The molecule has 408 valence electrons. The van der Waals surface area contributed by atoms with Crippen molar-refractivity contribution in [2.24, 2.45) is 0 Å². The molecule has 0 heterocycles. The van der Waals surface area contributed by atoms with Gasteiger partial charge in [-0.15, -0.1) is 0 Å². The highest BCUT2D eigenvalue weighted by atomic mass is 14.3. The van der Waals surface area contributed by atoms with Crippen molar-refractivity contribution in [2.75, 3.05) is 0 Å². The van der Waals surface area contributed by atoms with Crippen LogP contribution in [0.4, 0.5) is 0 Å². The van der Waals surface area contributed by atoms with E-state index in [1.807, 2.05) is 0 Å². The monoisotopic (exact) mass is 1100 g/mol. The summed E-state index contributed by atoms with van der Waals surface area (Å²) in [6, 6.07) is 111. The Bertz CT molecular complexity index is 5350. The zero-order valence-electron chi connectivity index (χ0n) is 48.7.